The molecule has 1 N–H and O–H groups in total. The van der Waals surface area contributed by atoms with Crippen molar-refractivity contribution in [3.8, 4) is 0 Å². The summed E-state index contributed by atoms with van der Waals surface area (Å²) in [5.74, 6) is -2.37. The summed E-state index contributed by atoms with van der Waals surface area (Å²) in [4.78, 5) is 0. The molecular weight excluding hydrogens is 148 g/mol. The second kappa shape index (κ2) is 2.16. The minimum Gasteiger partial charge on any atom is -0.316 e. The molecular formula is C8H13F2N. The van der Waals surface area contributed by atoms with Crippen LogP contribution in [0.1, 0.15) is 25.7 Å². The van der Waals surface area contributed by atoms with E-state index in [1.807, 2.05) is 0 Å². The Bertz CT molecular complexity index is 161. The molecule has 64 valence electrons. The van der Waals surface area contributed by atoms with Crippen LogP contribution in [-0.4, -0.2) is 19.0 Å². The van der Waals surface area contributed by atoms with Crippen molar-refractivity contribution in [1.29, 1.82) is 0 Å². The van der Waals surface area contributed by atoms with Gasteiger partial charge < -0.3 is 5.32 Å². The normalized spacial score (nSPS) is 42.0. The van der Waals surface area contributed by atoms with Crippen molar-refractivity contribution in [1.82, 2.24) is 5.32 Å². The molecule has 1 aliphatic carbocycles. The highest BCUT2D eigenvalue weighted by molar-refractivity contribution is 5.04. The Labute approximate surface area is 65.2 Å². The fourth-order valence-corrected chi connectivity index (χ4v) is 2.16. The van der Waals surface area contributed by atoms with Gasteiger partial charge in [-0.2, -0.15) is 0 Å². The first-order valence-corrected chi connectivity index (χ1v) is 4.25. The quantitative estimate of drug-likeness (QED) is 0.571. The van der Waals surface area contributed by atoms with Crippen LogP contribution in [-0.2, 0) is 0 Å². The zero-order chi connectivity index (χ0) is 7.95. The number of hydrogen-bond donors (Lipinski definition) is 1. The summed E-state index contributed by atoms with van der Waals surface area (Å²) in [6.07, 6.45) is 2.45. The van der Waals surface area contributed by atoms with Gasteiger partial charge in [0, 0.05) is 18.4 Å². The molecule has 1 atom stereocenters. The zero-order valence-electron chi connectivity index (χ0n) is 6.50. The zero-order valence-corrected chi connectivity index (χ0v) is 6.50. The van der Waals surface area contributed by atoms with Gasteiger partial charge >= 0.3 is 0 Å². The van der Waals surface area contributed by atoms with Gasteiger partial charge in [-0.3, -0.25) is 0 Å². The maximum Gasteiger partial charge on any atom is 0.254 e. The fraction of sp³-hybridized carbons (Fsp3) is 1.00. The summed E-state index contributed by atoms with van der Waals surface area (Å²) in [6, 6.07) is 0. The smallest absolute Gasteiger partial charge is 0.254 e. The van der Waals surface area contributed by atoms with Gasteiger partial charge in [-0.1, -0.05) is 0 Å². The number of rotatable bonds is 0. The van der Waals surface area contributed by atoms with Gasteiger partial charge in [-0.25, -0.2) is 8.78 Å². The summed E-state index contributed by atoms with van der Waals surface area (Å²) in [6.45, 7) is 1.44. The van der Waals surface area contributed by atoms with Crippen LogP contribution < -0.4 is 5.32 Å². The molecule has 2 rings (SSSR count). The Morgan fingerprint density at radius 2 is 1.91 bits per heavy atom. The van der Waals surface area contributed by atoms with E-state index >= 15 is 0 Å². The molecule has 1 saturated carbocycles. The second-order valence-electron chi connectivity index (χ2n) is 3.77. The maximum absolute atomic E-state index is 13.0. The molecule has 0 bridgehead atoms. The van der Waals surface area contributed by atoms with Crippen LogP contribution in [0.25, 0.3) is 0 Å². The van der Waals surface area contributed by atoms with Crippen molar-refractivity contribution in [3.05, 3.63) is 0 Å². The number of halogens is 2. The number of nitrogens with one attached hydrogen (secondary N) is 1. The SMILES string of the molecule is FC1(F)CC[C@]12CCCNC2. The molecule has 0 unspecified atom stereocenters. The highest BCUT2D eigenvalue weighted by atomic mass is 19.3. The van der Waals surface area contributed by atoms with Gasteiger partial charge in [-0.15, -0.1) is 0 Å². The van der Waals surface area contributed by atoms with E-state index < -0.39 is 11.3 Å². The molecule has 2 aliphatic rings. The second-order valence-corrected chi connectivity index (χ2v) is 3.77. The number of hydrogen-bond acceptors (Lipinski definition) is 1. The van der Waals surface area contributed by atoms with E-state index in [0.717, 1.165) is 13.0 Å². The Morgan fingerprint density at radius 1 is 1.09 bits per heavy atom. The molecule has 1 aliphatic heterocycles. The largest absolute Gasteiger partial charge is 0.316 e. The van der Waals surface area contributed by atoms with E-state index in [4.69, 9.17) is 0 Å². The summed E-state index contributed by atoms with van der Waals surface area (Å²) < 4.78 is 26.1. The standard InChI is InChI=1S/C8H13F2N/c9-8(10)4-3-7(8)2-1-5-11-6-7/h11H,1-6H2/t7-/m0/s1. The van der Waals surface area contributed by atoms with E-state index in [9.17, 15) is 8.78 Å². The summed E-state index contributed by atoms with van der Waals surface area (Å²) in [5.41, 5.74) is -0.648. The lowest BCUT2D eigenvalue weighted by molar-refractivity contribution is -0.208. The van der Waals surface area contributed by atoms with Gasteiger partial charge in [0.15, 0.2) is 0 Å². The Morgan fingerprint density at radius 3 is 2.18 bits per heavy atom. The molecule has 1 nitrogen and oxygen atoms in total. The summed E-state index contributed by atoms with van der Waals surface area (Å²) >= 11 is 0. The van der Waals surface area contributed by atoms with Crippen molar-refractivity contribution in [2.45, 2.75) is 31.6 Å². The monoisotopic (exact) mass is 161 g/mol. The van der Waals surface area contributed by atoms with E-state index in [-0.39, 0.29) is 6.42 Å². The predicted molar refractivity (Wildman–Crippen MR) is 38.7 cm³/mol. The molecule has 11 heavy (non-hydrogen) atoms. The van der Waals surface area contributed by atoms with Crippen LogP contribution in [0.15, 0.2) is 0 Å². The Balaban J connectivity index is 2.09. The third-order valence-corrected chi connectivity index (χ3v) is 3.17. The molecule has 3 heteroatoms. The summed E-state index contributed by atoms with van der Waals surface area (Å²) in [7, 11) is 0. The molecule has 2 fully saturated rings. The number of alkyl halides is 2. The van der Waals surface area contributed by atoms with Gasteiger partial charge in [-0.05, 0) is 25.8 Å². The molecule has 1 heterocycles. The van der Waals surface area contributed by atoms with Crippen molar-refractivity contribution in [2.24, 2.45) is 5.41 Å². The Kier molecular flexibility index (Phi) is 1.46. The highest BCUT2D eigenvalue weighted by Crippen LogP contribution is 2.56. The summed E-state index contributed by atoms with van der Waals surface area (Å²) in [5, 5.41) is 3.05. The van der Waals surface area contributed by atoms with Gasteiger partial charge in [0.1, 0.15) is 0 Å². The molecule has 0 aromatic carbocycles. The first-order valence-electron chi connectivity index (χ1n) is 4.25. The average Bonchev–Trinajstić information content (AvgIpc) is 2.04. The van der Waals surface area contributed by atoms with Crippen LogP contribution in [0.2, 0.25) is 0 Å². The van der Waals surface area contributed by atoms with Crippen molar-refractivity contribution in [3.63, 3.8) is 0 Å². The fourth-order valence-electron chi connectivity index (χ4n) is 2.16. The Hall–Kier alpha value is -0.180. The van der Waals surface area contributed by atoms with Crippen molar-refractivity contribution >= 4 is 0 Å². The molecule has 0 aromatic heterocycles. The minimum absolute atomic E-state index is 0.106. The topological polar surface area (TPSA) is 12.0 Å². The van der Waals surface area contributed by atoms with Crippen LogP contribution in [0.4, 0.5) is 8.78 Å². The van der Waals surface area contributed by atoms with Crippen molar-refractivity contribution < 1.29 is 8.78 Å². The lowest BCUT2D eigenvalue weighted by Gasteiger charge is -2.51. The molecule has 0 radical (unpaired) electrons. The van der Waals surface area contributed by atoms with E-state index in [0.29, 0.717) is 19.4 Å². The van der Waals surface area contributed by atoms with Gasteiger partial charge in [0.25, 0.3) is 5.92 Å². The lowest BCUT2D eigenvalue weighted by atomic mass is 9.61. The van der Waals surface area contributed by atoms with Crippen LogP contribution in [0.5, 0.6) is 0 Å². The number of piperidine rings is 1. The van der Waals surface area contributed by atoms with Gasteiger partial charge in [0.2, 0.25) is 0 Å². The average molecular weight is 161 g/mol. The van der Waals surface area contributed by atoms with E-state index in [2.05, 4.69) is 5.32 Å². The minimum atomic E-state index is -2.37. The predicted octanol–water partition coefficient (Wildman–Crippen LogP) is 1.79. The van der Waals surface area contributed by atoms with Crippen LogP contribution in [0.3, 0.4) is 0 Å². The molecule has 1 spiro atoms. The van der Waals surface area contributed by atoms with E-state index in [1.54, 1.807) is 0 Å². The van der Waals surface area contributed by atoms with E-state index in [1.165, 1.54) is 0 Å². The highest BCUT2D eigenvalue weighted by Gasteiger charge is 2.60. The van der Waals surface area contributed by atoms with Crippen LogP contribution >= 0.6 is 0 Å². The third kappa shape index (κ3) is 0.901. The van der Waals surface area contributed by atoms with Gasteiger partial charge in [0.05, 0.1) is 0 Å². The third-order valence-electron chi connectivity index (χ3n) is 3.17. The lowest BCUT2D eigenvalue weighted by Crippen LogP contribution is -2.58. The molecule has 1 saturated heterocycles. The molecule has 0 aromatic rings. The molecule has 0 amide bonds. The first kappa shape index (κ1) is 7.47. The maximum atomic E-state index is 13.0. The first-order chi connectivity index (χ1) is 5.16. The van der Waals surface area contributed by atoms with Crippen LogP contribution in [0, 0.1) is 5.41 Å². The van der Waals surface area contributed by atoms with Crippen molar-refractivity contribution in [2.75, 3.05) is 13.1 Å².